The predicted molar refractivity (Wildman–Crippen MR) is 113 cm³/mol. The zero-order valence-corrected chi connectivity index (χ0v) is 16.5. The SMILES string of the molecule is Cc1ccc(C(=O)Nc2cc(C(F)(F)F)ccn2)cc1N1C=Cc2ccccc2C1N. The van der Waals surface area contributed by atoms with Crippen LogP contribution in [0.3, 0.4) is 0 Å². The lowest BCUT2D eigenvalue weighted by molar-refractivity contribution is -0.137. The summed E-state index contributed by atoms with van der Waals surface area (Å²) in [6.07, 6.45) is -0.160. The molecule has 0 spiro atoms. The van der Waals surface area contributed by atoms with Gasteiger partial charge >= 0.3 is 6.18 Å². The lowest BCUT2D eigenvalue weighted by Gasteiger charge is -2.33. The Morgan fingerprint density at radius 2 is 1.90 bits per heavy atom. The molecule has 0 bridgehead atoms. The van der Waals surface area contributed by atoms with Gasteiger partial charge in [-0.1, -0.05) is 30.3 Å². The van der Waals surface area contributed by atoms with Gasteiger partial charge in [-0.3, -0.25) is 4.79 Å². The highest BCUT2D eigenvalue weighted by molar-refractivity contribution is 6.04. The van der Waals surface area contributed by atoms with Crippen molar-refractivity contribution >= 4 is 23.5 Å². The number of nitrogens with one attached hydrogen (secondary N) is 1. The molecule has 1 aliphatic rings. The van der Waals surface area contributed by atoms with Crippen molar-refractivity contribution < 1.29 is 18.0 Å². The summed E-state index contributed by atoms with van der Waals surface area (Å²) < 4.78 is 38.7. The number of anilines is 2. The standard InChI is InChI=1S/C23H19F3N4O/c1-14-6-7-16(22(31)29-20-13-17(8-10-28-20)23(24,25)26)12-19(14)30-11-9-15-4-2-3-5-18(15)21(30)27/h2-13,21H,27H2,1H3,(H,28,29,31). The minimum absolute atomic E-state index is 0.176. The quantitative estimate of drug-likeness (QED) is 0.613. The highest BCUT2D eigenvalue weighted by atomic mass is 19.4. The first kappa shape index (κ1) is 20.6. The van der Waals surface area contributed by atoms with Gasteiger partial charge in [-0.05, 0) is 54.0 Å². The largest absolute Gasteiger partial charge is 0.416 e. The van der Waals surface area contributed by atoms with Gasteiger partial charge in [-0.25, -0.2) is 4.98 Å². The van der Waals surface area contributed by atoms with E-state index in [1.54, 1.807) is 18.2 Å². The maximum atomic E-state index is 12.9. The van der Waals surface area contributed by atoms with Crippen LogP contribution in [0.1, 0.15) is 38.8 Å². The summed E-state index contributed by atoms with van der Waals surface area (Å²) in [4.78, 5) is 18.4. The number of pyridine rings is 1. The number of halogens is 3. The lowest BCUT2D eigenvalue weighted by Crippen LogP contribution is -2.33. The molecule has 31 heavy (non-hydrogen) atoms. The van der Waals surface area contributed by atoms with Crippen LogP contribution in [0, 0.1) is 6.92 Å². The fourth-order valence-electron chi connectivity index (χ4n) is 3.46. The highest BCUT2D eigenvalue weighted by Crippen LogP contribution is 2.34. The van der Waals surface area contributed by atoms with E-state index < -0.39 is 23.8 Å². The first-order valence-electron chi connectivity index (χ1n) is 9.50. The molecule has 2 heterocycles. The summed E-state index contributed by atoms with van der Waals surface area (Å²) in [6, 6.07) is 14.5. The second-order valence-corrected chi connectivity index (χ2v) is 7.18. The summed E-state index contributed by atoms with van der Waals surface area (Å²) in [5.41, 5.74) is 9.44. The van der Waals surface area contributed by atoms with Crippen LogP contribution in [0.25, 0.3) is 6.08 Å². The number of nitrogens with two attached hydrogens (primary N) is 1. The smallest absolute Gasteiger partial charge is 0.328 e. The number of hydrogen-bond acceptors (Lipinski definition) is 4. The number of rotatable bonds is 3. The molecule has 0 fully saturated rings. The lowest BCUT2D eigenvalue weighted by atomic mass is 9.99. The second kappa shape index (κ2) is 7.88. The topological polar surface area (TPSA) is 71.2 Å². The molecule has 1 aromatic heterocycles. The van der Waals surface area contributed by atoms with E-state index in [1.165, 1.54) is 0 Å². The van der Waals surface area contributed by atoms with Crippen molar-refractivity contribution in [1.29, 1.82) is 0 Å². The van der Waals surface area contributed by atoms with Crippen LogP contribution in [-0.2, 0) is 6.18 Å². The second-order valence-electron chi connectivity index (χ2n) is 7.18. The molecule has 1 aliphatic heterocycles. The number of aromatic nitrogens is 1. The molecule has 0 radical (unpaired) electrons. The number of carbonyl (C=O) groups is 1. The van der Waals surface area contributed by atoms with Gasteiger partial charge in [0.05, 0.1) is 5.56 Å². The molecule has 0 saturated carbocycles. The van der Waals surface area contributed by atoms with Gasteiger partial charge in [0.2, 0.25) is 0 Å². The molecule has 3 aromatic rings. The number of fused-ring (bicyclic) bond motifs is 1. The molecule has 5 nitrogen and oxygen atoms in total. The van der Waals surface area contributed by atoms with Gasteiger partial charge in [0.25, 0.3) is 5.91 Å². The molecular formula is C23H19F3N4O. The Kier molecular flexibility index (Phi) is 5.24. The highest BCUT2D eigenvalue weighted by Gasteiger charge is 2.31. The molecule has 2 aromatic carbocycles. The average molecular weight is 424 g/mol. The normalized spacial score (nSPS) is 15.5. The first-order valence-corrected chi connectivity index (χ1v) is 9.50. The number of aryl methyl sites for hydroxylation is 1. The summed E-state index contributed by atoms with van der Waals surface area (Å²) >= 11 is 0. The van der Waals surface area contributed by atoms with E-state index in [0.717, 1.165) is 40.7 Å². The van der Waals surface area contributed by atoms with E-state index in [4.69, 9.17) is 5.73 Å². The van der Waals surface area contributed by atoms with Crippen molar-refractivity contribution in [3.05, 3.63) is 94.8 Å². The van der Waals surface area contributed by atoms with E-state index in [0.29, 0.717) is 0 Å². The zero-order chi connectivity index (χ0) is 22.2. The first-order chi connectivity index (χ1) is 14.7. The van der Waals surface area contributed by atoms with Crippen LogP contribution in [0.5, 0.6) is 0 Å². The monoisotopic (exact) mass is 424 g/mol. The third-order valence-corrected chi connectivity index (χ3v) is 5.11. The van der Waals surface area contributed by atoms with Gasteiger partial charge in [-0.2, -0.15) is 13.2 Å². The van der Waals surface area contributed by atoms with Crippen molar-refractivity contribution in [3.63, 3.8) is 0 Å². The summed E-state index contributed by atoms with van der Waals surface area (Å²) in [5.74, 6) is -0.742. The molecule has 1 amide bonds. The van der Waals surface area contributed by atoms with Crippen molar-refractivity contribution in [2.24, 2.45) is 5.73 Å². The van der Waals surface area contributed by atoms with Gasteiger partial charge in [0.15, 0.2) is 0 Å². The molecule has 1 atom stereocenters. The minimum atomic E-state index is -4.52. The van der Waals surface area contributed by atoms with Crippen LogP contribution < -0.4 is 16.0 Å². The number of benzene rings is 2. The van der Waals surface area contributed by atoms with Crippen LogP contribution in [0.15, 0.2) is 67.0 Å². The molecular weight excluding hydrogens is 405 g/mol. The Morgan fingerprint density at radius 3 is 2.68 bits per heavy atom. The number of carbonyl (C=O) groups excluding carboxylic acids is 1. The van der Waals surface area contributed by atoms with Crippen molar-refractivity contribution in [2.75, 3.05) is 10.2 Å². The summed E-state index contributed by atoms with van der Waals surface area (Å²) in [5, 5.41) is 2.43. The van der Waals surface area contributed by atoms with Gasteiger partial charge < -0.3 is 16.0 Å². The predicted octanol–water partition coefficient (Wildman–Crippen LogP) is 5.11. The minimum Gasteiger partial charge on any atom is -0.328 e. The van der Waals surface area contributed by atoms with E-state index in [-0.39, 0.29) is 11.4 Å². The third kappa shape index (κ3) is 4.15. The Morgan fingerprint density at radius 1 is 1.13 bits per heavy atom. The summed E-state index contributed by atoms with van der Waals surface area (Å²) in [6.45, 7) is 1.90. The molecule has 1 unspecified atom stereocenters. The van der Waals surface area contributed by atoms with E-state index >= 15 is 0 Å². The van der Waals surface area contributed by atoms with Gasteiger partial charge in [-0.15, -0.1) is 0 Å². The average Bonchev–Trinajstić information content (AvgIpc) is 2.74. The Hall–Kier alpha value is -3.65. The van der Waals surface area contributed by atoms with Crippen LogP contribution in [0.2, 0.25) is 0 Å². The molecule has 158 valence electrons. The Bertz CT molecular complexity index is 1170. The number of nitrogens with zero attached hydrogens (tertiary/aromatic N) is 2. The molecule has 0 aliphatic carbocycles. The number of alkyl halides is 3. The fraction of sp³-hybridized carbons (Fsp3) is 0.130. The van der Waals surface area contributed by atoms with Crippen LogP contribution >= 0.6 is 0 Å². The maximum Gasteiger partial charge on any atom is 0.416 e. The Balaban J connectivity index is 1.61. The molecule has 8 heteroatoms. The van der Waals surface area contributed by atoms with Crippen molar-refractivity contribution in [2.45, 2.75) is 19.3 Å². The summed E-state index contributed by atoms with van der Waals surface area (Å²) in [7, 11) is 0. The maximum absolute atomic E-state index is 12.9. The van der Waals surface area contributed by atoms with E-state index in [1.807, 2.05) is 48.4 Å². The number of hydrogen-bond donors (Lipinski definition) is 2. The Labute approximate surface area is 177 Å². The van der Waals surface area contributed by atoms with Crippen molar-refractivity contribution in [1.82, 2.24) is 4.98 Å². The van der Waals surface area contributed by atoms with E-state index in [9.17, 15) is 18.0 Å². The van der Waals surface area contributed by atoms with Gasteiger partial charge in [0, 0.05) is 23.6 Å². The van der Waals surface area contributed by atoms with Crippen LogP contribution in [-0.4, -0.2) is 10.9 Å². The molecule has 4 rings (SSSR count). The van der Waals surface area contributed by atoms with Crippen LogP contribution in [0.4, 0.5) is 24.7 Å². The number of amides is 1. The zero-order valence-electron chi connectivity index (χ0n) is 16.5. The van der Waals surface area contributed by atoms with E-state index in [2.05, 4.69) is 10.3 Å². The third-order valence-electron chi connectivity index (χ3n) is 5.11. The van der Waals surface area contributed by atoms with Crippen molar-refractivity contribution in [3.8, 4) is 0 Å². The molecule has 0 saturated heterocycles. The molecule has 3 N–H and O–H groups in total. The van der Waals surface area contributed by atoms with Gasteiger partial charge in [0.1, 0.15) is 12.0 Å². The fourth-order valence-corrected chi connectivity index (χ4v) is 3.46.